The molecule has 0 radical (unpaired) electrons. The summed E-state index contributed by atoms with van der Waals surface area (Å²) in [5, 5.41) is 8.45. The Morgan fingerprint density at radius 2 is 2.00 bits per heavy atom. The molecule has 0 fully saturated rings. The van der Waals surface area contributed by atoms with Gasteiger partial charge in [0.1, 0.15) is 5.82 Å². The summed E-state index contributed by atoms with van der Waals surface area (Å²) < 4.78 is 7.14. The van der Waals surface area contributed by atoms with Gasteiger partial charge < -0.3 is 4.74 Å². The number of pyridine rings is 1. The number of aryl methyl sites for hydroxylation is 2. The zero-order chi connectivity index (χ0) is 20.8. The Morgan fingerprint density at radius 3 is 2.76 bits per heavy atom. The van der Waals surface area contributed by atoms with Gasteiger partial charge in [-0.2, -0.15) is 9.78 Å². The van der Waals surface area contributed by atoms with E-state index in [2.05, 4.69) is 30.3 Å². The molecule has 3 aromatic rings. The highest BCUT2D eigenvalue weighted by Crippen LogP contribution is 2.22. The number of hydrogen-bond acceptors (Lipinski definition) is 4. The molecule has 2 heterocycles. The number of carbonyl (C=O) groups excluding carboxylic acids is 1. The van der Waals surface area contributed by atoms with Crippen molar-refractivity contribution in [3.05, 3.63) is 47.7 Å². The number of carbonyl (C=O) groups is 1. The van der Waals surface area contributed by atoms with E-state index < -0.39 is 6.09 Å². The smallest absolute Gasteiger partial charge is 0.412 e. The van der Waals surface area contributed by atoms with Gasteiger partial charge in [-0.3, -0.25) is 5.32 Å². The molecule has 0 aliphatic rings. The summed E-state index contributed by atoms with van der Waals surface area (Å²) in [7, 11) is 0. The van der Waals surface area contributed by atoms with E-state index in [-0.39, 0.29) is 0 Å². The minimum absolute atomic E-state index is 0.400. The molecule has 1 aromatic carbocycles. The van der Waals surface area contributed by atoms with Crippen LogP contribution in [0.2, 0.25) is 0 Å². The van der Waals surface area contributed by atoms with E-state index >= 15 is 0 Å². The van der Waals surface area contributed by atoms with Crippen molar-refractivity contribution in [2.45, 2.75) is 53.4 Å². The number of benzene rings is 1. The summed E-state index contributed by atoms with van der Waals surface area (Å²) in [6.07, 6.45) is 3.93. The number of unbranched alkanes of at least 4 members (excludes halogenated alkanes) is 1. The third-order valence-electron chi connectivity index (χ3n) is 5.18. The normalized spacial score (nSPS) is 12.1. The van der Waals surface area contributed by atoms with Crippen LogP contribution in [0.1, 0.15) is 50.8 Å². The molecule has 29 heavy (non-hydrogen) atoms. The fourth-order valence-corrected chi connectivity index (χ4v) is 3.44. The van der Waals surface area contributed by atoms with Gasteiger partial charge in [-0.15, -0.1) is 0 Å². The summed E-state index contributed by atoms with van der Waals surface area (Å²) in [6, 6.07) is 11.8. The quantitative estimate of drug-likeness (QED) is 0.524. The van der Waals surface area contributed by atoms with Crippen molar-refractivity contribution < 1.29 is 9.53 Å². The Labute approximate surface area is 172 Å². The molecular formula is C23H30N4O2. The predicted octanol–water partition coefficient (Wildman–Crippen LogP) is 5.80. The molecule has 0 saturated carbocycles. The molecule has 1 unspecified atom stereocenters. The van der Waals surface area contributed by atoms with Gasteiger partial charge in [-0.05, 0) is 43.9 Å². The molecule has 0 bridgehead atoms. The van der Waals surface area contributed by atoms with Crippen LogP contribution in [0.3, 0.4) is 0 Å². The molecule has 0 aliphatic heterocycles. The Kier molecular flexibility index (Phi) is 6.86. The lowest BCUT2D eigenvalue weighted by Crippen LogP contribution is -2.20. The van der Waals surface area contributed by atoms with E-state index in [9.17, 15) is 4.79 Å². The van der Waals surface area contributed by atoms with Gasteiger partial charge in [-0.25, -0.2) is 9.78 Å². The summed E-state index contributed by atoms with van der Waals surface area (Å²) in [5.41, 5.74) is 2.79. The maximum Gasteiger partial charge on any atom is 0.412 e. The van der Waals surface area contributed by atoms with E-state index in [1.807, 2.05) is 44.2 Å². The summed E-state index contributed by atoms with van der Waals surface area (Å²) >= 11 is 0. The van der Waals surface area contributed by atoms with Crippen molar-refractivity contribution in [2.75, 3.05) is 11.9 Å². The van der Waals surface area contributed by atoms with E-state index in [1.54, 1.807) is 4.68 Å². The molecule has 3 rings (SSSR count). The second-order valence-corrected chi connectivity index (χ2v) is 7.54. The first-order chi connectivity index (χ1) is 14.0. The number of hydrogen-bond donors (Lipinski definition) is 1. The second kappa shape index (κ2) is 9.54. The molecule has 0 saturated heterocycles. The Balaban J connectivity index is 1.76. The van der Waals surface area contributed by atoms with Gasteiger partial charge >= 0.3 is 6.09 Å². The number of nitrogens with zero attached hydrogens (tertiary/aromatic N) is 3. The third-order valence-corrected chi connectivity index (χ3v) is 5.18. The van der Waals surface area contributed by atoms with Crippen LogP contribution in [0.4, 0.5) is 10.6 Å². The number of nitrogens with one attached hydrogen (secondary N) is 1. The van der Waals surface area contributed by atoms with Crippen molar-refractivity contribution in [1.82, 2.24) is 14.8 Å². The molecule has 1 amide bonds. The first-order valence-electron chi connectivity index (χ1n) is 10.4. The van der Waals surface area contributed by atoms with Gasteiger partial charge in [0.15, 0.2) is 5.82 Å². The van der Waals surface area contributed by atoms with Crippen LogP contribution in [-0.4, -0.2) is 27.5 Å². The van der Waals surface area contributed by atoms with Crippen LogP contribution < -0.4 is 5.32 Å². The van der Waals surface area contributed by atoms with Gasteiger partial charge in [-0.1, -0.05) is 51.3 Å². The summed E-state index contributed by atoms with van der Waals surface area (Å²) in [5.74, 6) is 1.62. The molecule has 1 N–H and O–H groups in total. The minimum atomic E-state index is -0.460. The SMILES string of the molecule is CCCCC(CC)COC(=O)Nc1cc(C)nn1-c1cc(C)c2ccccc2n1. The monoisotopic (exact) mass is 394 g/mol. The van der Waals surface area contributed by atoms with Gasteiger partial charge in [0.25, 0.3) is 0 Å². The average molecular weight is 395 g/mol. The number of fused-ring (bicyclic) bond motifs is 1. The lowest BCUT2D eigenvalue weighted by atomic mass is 10.0. The fourth-order valence-electron chi connectivity index (χ4n) is 3.44. The van der Waals surface area contributed by atoms with E-state index in [1.165, 1.54) is 0 Å². The third kappa shape index (κ3) is 5.13. The second-order valence-electron chi connectivity index (χ2n) is 7.54. The van der Waals surface area contributed by atoms with Gasteiger partial charge in [0.05, 0.1) is 17.8 Å². The average Bonchev–Trinajstić information content (AvgIpc) is 3.08. The lowest BCUT2D eigenvalue weighted by molar-refractivity contribution is 0.136. The maximum atomic E-state index is 12.4. The largest absolute Gasteiger partial charge is 0.449 e. The highest BCUT2D eigenvalue weighted by Gasteiger charge is 2.15. The van der Waals surface area contributed by atoms with Gasteiger partial charge in [0, 0.05) is 11.5 Å². The van der Waals surface area contributed by atoms with Crippen molar-refractivity contribution in [1.29, 1.82) is 0 Å². The van der Waals surface area contributed by atoms with Crippen molar-refractivity contribution >= 4 is 22.8 Å². The van der Waals surface area contributed by atoms with Crippen LogP contribution in [0.15, 0.2) is 36.4 Å². The van der Waals surface area contributed by atoms with Crippen molar-refractivity contribution in [3.63, 3.8) is 0 Å². The molecule has 2 aromatic heterocycles. The molecule has 6 heteroatoms. The lowest BCUT2D eigenvalue weighted by Gasteiger charge is -2.15. The fraction of sp³-hybridized carbons (Fsp3) is 0.435. The maximum absolute atomic E-state index is 12.4. The van der Waals surface area contributed by atoms with Crippen LogP contribution in [0.25, 0.3) is 16.7 Å². The van der Waals surface area contributed by atoms with Crippen LogP contribution in [0, 0.1) is 19.8 Å². The zero-order valence-corrected chi connectivity index (χ0v) is 17.7. The molecule has 154 valence electrons. The van der Waals surface area contributed by atoms with E-state index in [0.717, 1.165) is 47.8 Å². The molecule has 0 spiro atoms. The number of amides is 1. The number of aromatic nitrogens is 3. The van der Waals surface area contributed by atoms with E-state index in [0.29, 0.717) is 24.2 Å². The highest BCUT2D eigenvalue weighted by molar-refractivity contribution is 5.85. The first kappa shape index (κ1) is 20.8. The van der Waals surface area contributed by atoms with Crippen molar-refractivity contribution in [2.24, 2.45) is 5.92 Å². The topological polar surface area (TPSA) is 69.0 Å². The standard InChI is InChI=1S/C23H30N4O2/c1-5-7-10-18(6-2)15-29-23(28)25-22-14-17(4)26-27(22)21-13-16(3)19-11-8-9-12-20(19)24-21/h8-9,11-14,18H,5-7,10,15H2,1-4H3,(H,25,28). The molecule has 6 nitrogen and oxygen atoms in total. The first-order valence-corrected chi connectivity index (χ1v) is 10.4. The minimum Gasteiger partial charge on any atom is -0.449 e. The molecular weight excluding hydrogens is 364 g/mol. The number of rotatable bonds is 8. The number of para-hydroxylation sites is 1. The molecule has 1 atom stereocenters. The number of ether oxygens (including phenoxy) is 1. The Bertz CT molecular complexity index is 980. The van der Waals surface area contributed by atoms with Crippen LogP contribution in [-0.2, 0) is 4.74 Å². The predicted molar refractivity (Wildman–Crippen MR) is 117 cm³/mol. The number of anilines is 1. The molecule has 0 aliphatic carbocycles. The van der Waals surface area contributed by atoms with E-state index in [4.69, 9.17) is 9.72 Å². The van der Waals surface area contributed by atoms with Gasteiger partial charge in [0.2, 0.25) is 0 Å². The summed E-state index contributed by atoms with van der Waals surface area (Å²) in [6.45, 7) is 8.67. The highest BCUT2D eigenvalue weighted by atomic mass is 16.5. The van der Waals surface area contributed by atoms with Crippen molar-refractivity contribution in [3.8, 4) is 5.82 Å². The van der Waals surface area contributed by atoms with Crippen LogP contribution in [0.5, 0.6) is 0 Å². The Hall–Kier alpha value is -2.89. The van der Waals surface area contributed by atoms with Crippen LogP contribution >= 0.6 is 0 Å². The zero-order valence-electron chi connectivity index (χ0n) is 17.7. The Morgan fingerprint density at radius 1 is 1.21 bits per heavy atom. The summed E-state index contributed by atoms with van der Waals surface area (Å²) in [4.78, 5) is 17.1.